The average Bonchev–Trinajstić information content (AvgIpc) is 3.09. The highest BCUT2D eigenvalue weighted by molar-refractivity contribution is 9.10. The molecular formula is C18H19BrN2O4S. The molecule has 1 unspecified atom stereocenters. The second-order valence-electron chi connectivity index (χ2n) is 5.53. The van der Waals surface area contributed by atoms with E-state index < -0.39 is 12.0 Å². The molecule has 0 aliphatic carbocycles. The smallest absolute Gasteiger partial charge is 0.307 e. The molecule has 1 aromatic heterocycles. The summed E-state index contributed by atoms with van der Waals surface area (Å²) in [5, 5.41) is 5.57. The fourth-order valence-corrected chi connectivity index (χ4v) is 3.35. The van der Waals surface area contributed by atoms with E-state index in [1.165, 1.54) is 25.4 Å². The Labute approximate surface area is 164 Å². The van der Waals surface area contributed by atoms with Crippen molar-refractivity contribution < 1.29 is 19.1 Å². The lowest BCUT2D eigenvalue weighted by molar-refractivity contribution is -0.141. The number of halogens is 1. The van der Waals surface area contributed by atoms with Gasteiger partial charge >= 0.3 is 5.97 Å². The van der Waals surface area contributed by atoms with Gasteiger partial charge in [0.25, 0.3) is 5.91 Å². The highest BCUT2D eigenvalue weighted by atomic mass is 79.9. The first kappa shape index (κ1) is 20.1. The lowest BCUT2D eigenvalue weighted by atomic mass is 10.0. The number of amides is 2. The first-order chi connectivity index (χ1) is 12.4. The van der Waals surface area contributed by atoms with Gasteiger partial charge in [-0.1, -0.05) is 28.1 Å². The van der Waals surface area contributed by atoms with E-state index in [9.17, 15) is 14.4 Å². The summed E-state index contributed by atoms with van der Waals surface area (Å²) >= 11 is 4.66. The largest absolute Gasteiger partial charge is 0.469 e. The van der Waals surface area contributed by atoms with E-state index in [0.717, 1.165) is 14.9 Å². The first-order valence-electron chi connectivity index (χ1n) is 7.85. The van der Waals surface area contributed by atoms with Crippen molar-refractivity contribution in [3.05, 3.63) is 56.2 Å². The Morgan fingerprint density at radius 2 is 1.85 bits per heavy atom. The summed E-state index contributed by atoms with van der Waals surface area (Å²) in [6, 6.07) is 10.4. The van der Waals surface area contributed by atoms with Crippen molar-refractivity contribution in [3.8, 4) is 0 Å². The maximum Gasteiger partial charge on any atom is 0.307 e. The van der Waals surface area contributed by atoms with Crippen LogP contribution in [-0.2, 0) is 20.9 Å². The first-order valence-corrected chi connectivity index (χ1v) is 9.46. The minimum absolute atomic E-state index is 0.0357. The highest BCUT2D eigenvalue weighted by Crippen LogP contribution is 2.22. The van der Waals surface area contributed by atoms with Gasteiger partial charge in [-0.05, 0) is 29.8 Å². The van der Waals surface area contributed by atoms with E-state index in [4.69, 9.17) is 4.74 Å². The highest BCUT2D eigenvalue weighted by Gasteiger charge is 2.20. The summed E-state index contributed by atoms with van der Waals surface area (Å²) in [7, 11) is 1.32. The minimum atomic E-state index is -0.496. The third-order valence-corrected chi connectivity index (χ3v) is 5.19. The molecule has 8 heteroatoms. The van der Waals surface area contributed by atoms with Gasteiger partial charge in [-0.3, -0.25) is 14.4 Å². The van der Waals surface area contributed by atoms with Crippen LogP contribution in [-0.4, -0.2) is 24.9 Å². The summed E-state index contributed by atoms with van der Waals surface area (Å²) in [5.74, 6) is -0.811. The zero-order valence-electron chi connectivity index (χ0n) is 14.4. The van der Waals surface area contributed by atoms with Crippen LogP contribution in [0.25, 0.3) is 0 Å². The van der Waals surface area contributed by atoms with Crippen molar-refractivity contribution in [2.45, 2.75) is 25.9 Å². The molecule has 0 aliphatic heterocycles. The van der Waals surface area contributed by atoms with Crippen molar-refractivity contribution in [1.29, 1.82) is 0 Å². The third kappa shape index (κ3) is 5.96. The number of carbonyl (C=O) groups is 3. The van der Waals surface area contributed by atoms with Gasteiger partial charge in [0.15, 0.2) is 0 Å². The summed E-state index contributed by atoms with van der Waals surface area (Å²) in [6.07, 6.45) is 0.0357. The molecule has 0 aliphatic rings. The number of esters is 1. The molecule has 0 fully saturated rings. The maximum atomic E-state index is 12.6. The summed E-state index contributed by atoms with van der Waals surface area (Å²) < 4.78 is 5.64. The second-order valence-corrected chi connectivity index (χ2v) is 7.62. The minimum Gasteiger partial charge on any atom is -0.469 e. The van der Waals surface area contributed by atoms with E-state index in [0.29, 0.717) is 11.4 Å². The molecule has 0 radical (unpaired) electrons. The van der Waals surface area contributed by atoms with Crippen molar-refractivity contribution in [2.75, 3.05) is 7.11 Å². The molecular weight excluding hydrogens is 420 g/mol. The van der Waals surface area contributed by atoms with E-state index in [1.54, 1.807) is 12.1 Å². The van der Waals surface area contributed by atoms with Crippen molar-refractivity contribution in [3.63, 3.8) is 0 Å². The predicted molar refractivity (Wildman–Crippen MR) is 103 cm³/mol. The molecule has 0 saturated heterocycles. The number of nitrogens with one attached hydrogen (secondary N) is 2. The Bertz CT molecular complexity index is 789. The van der Waals surface area contributed by atoms with Gasteiger partial charge in [0, 0.05) is 16.3 Å². The number of hydrogen-bond acceptors (Lipinski definition) is 5. The molecule has 2 aromatic rings. The van der Waals surface area contributed by atoms with Crippen LogP contribution in [0.4, 0.5) is 0 Å². The molecule has 1 heterocycles. The molecule has 2 rings (SSSR count). The zero-order chi connectivity index (χ0) is 19.1. The quantitative estimate of drug-likeness (QED) is 0.650. The maximum absolute atomic E-state index is 12.6. The van der Waals surface area contributed by atoms with Crippen LogP contribution < -0.4 is 10.6 Å². The number of thiophene rings is 1. The molecule has 1 atom stereocenters. The molecule has 2 N–H and O–H groups in total. The molecule has 0 spiro atoms. The predicted octanol–water partition coefficient (Wildman–Crippen LogP) is 3.18. The lowest BCUT2D eigenvalue weighted by Gasteiger charge is -2.18. The second kappa shape index (κ2) is 9.49. The lowest BCUT2D eigenvalue weighted by Crippen LogP contribution is -2.30. The van der Waals surface area contributed by atoms with E-state index >= 15 is 0 Å². The van der Waals surface area contributed by atoms with Crippen LogP contribution in [0, 0.1) is 0 Å². The average molecular weight is 439 g/mol. The van der Waals surface area contributed by atoms with E-state index in [-0.39, 0.29) is 18.2 Å². The SMILES string of the molecule is COC(=O)CC(NC(=O)c1ccc(CNC(C)=O)s1)c1ccc(Br)cc1. The van der Waals surface area contributed by atoms with Gasteiger partial charge < -0.3 is 15.4 Å². The number of benzene rings is 1. The molecule has 26 heavy (non-hydrogen) atoms. The van der Waals surface area contributed by atoms with Gasteiger partial charge in [-0.15, -0.1) is 11.3 Å². The number of methoxy groups -OCH3 is 1. The topological polar surface area (TPSA) is 84.5 Å². The molecule has 2 amide bonds. The van der Waals surface area contributed by atoms with Crippen LogP contribution in [0.15, 0.2) is 40.9 Å². The number of ether oxygens (including phenoxy) is 1. The Balaban J connectivity index is 2.11. The Morgan fingerprint density at radius 1 is 1.15 bits per heavy atom. The summed E-state index contributed by atoms with van der Waals surface area (Å²) in [4.78, 5) is 36.6. The molecule has 0 bridgehead atoms. The monoisotopic (exact) mass is 438 g/mol. The van der Waals surface area contributed by atoms with Gasteiger partial charge in [0.2, 0.25) is 5.91 Å². The van der Waals surface area contributed by atoms with Crippen LogP contribution in [0.5, 0.6) is 0 Å². The Morgan fingerprint density at radius 3 is 2.46 bits per heavy atom. The zero-order valence-corrected chi connectivity index (χ0v) is 16.8. The van der Waals surface area contributed by atoms with Crippen molar-refractivity contribution in [1.82, 2.24) is 10.6 Å². The fraction of sp³-hybridized carbons (Fsp3) is 0.278. The Kier molecular flexibility index (Phi) is 7.35. The van der Waals surface area contributed by atoms with E-state index in [2.05, 4.69) is 26.6 Å². The van der Waals surface area contributed by atoms with Crippen LogP contribution in [0.1, 0.15) is 39.5 Å². The van der Waals surface area contributed by atoms with Crippen molar-refractivity contribution in [2.24, 2.45) is 0 Å². The molecule has 6 nitrogen and oxygen atoms in total. The Hall–Kier alpha value is -2.19. The van der Waals surface area contributed by atoms with Gasteiger partial charge in [0.1, 0.15) is 0 Å². The summed E-state index contributed by atoms with van der Waals surface area (Å²) in [6.45, 7) is 1.82. The van der Waals surface area contributed by atoms with Gasteiger partial charge in [-0.25, -0.2) is 0 Å². The molecule has 0 saturated carbocycles. The van der Waals surface area contributed by atoms with Crippen LogP contribution in [0.3, 0.4) is 0 Å². The molecule has 1 aromatic carbocycles. The van der Waals surface area contributed by atoms with E-state index in [1.807, 2.05) is 24.3 Å². The van der Waals surface area contributed by atoms with Crippen LogP contribution >= 0.6 is 27.3 Å². The standard InChI is InChI=1S/C18H19BrN2O4S/c1-11(22)20-10-14-7-8-16(26-14)18(24)21-15(9-17(23)25-2)12-3-5-13(19)6-4-12/h3-8,15H,9-10H2,1-2H3,(H,20,22)(H,21,24). The van der Waals surface area contributed by atoms with Gasteiger partial charge in [-0.2, -0.15) is 0 Å². The number of rotatable bonds is 7. The van der Waals surface area contributed by atoms with Crippen LogP contribution in [0.2, 0.25) is 0 Å². The third-order valence-electron chi connectivity index (χ3n) is 3.57. The number of carbonyl (C=O) groups excluding carboxylic acids is 3. The molecule has 138 valence electrons. The fourth-order valence-electron chi connectivity index (χ4n) is 2.23. The normalized spacial score (nSPS) is 11.5. The summed E-state index contributed by atoms with van der Waals surface area (Å²) in [5.41, 5.74) is 0.807. The number of hydrogen-bond donors (Lipinski definition) is 2. The van der Waals surface area contributed by atoms with Gasteiger partial charge in [0.05, 0.1) is 31.0 Å². The van der Waals surface area contributed by atoms with Crippen molar-refractivity contribution >= 4 is 45.1 Å².